The monoisotopic (exact) mass is 252 g/mol. The van der Waals surface area contributed by atoms with Gasteiger partial charge in [-0.25, -0.2) is 0 Å². The van der Waals surface area contributed by atoms with Gasteiger partial charge in [0.2, 0.25) is 0 Å². The first-order chi connectivity index (χ1) is 4.84. The lowest BCUT2D eigenvalue weighted by molar-refractivity contribution is 0.0929. The average Bonchev–Trinajstić information content (AvgIpc) is 1.94. The Labute approximate surface area is 75.7 Å². The zero-order valence-corrected chi connectivity index (χ0v) is 8.12. The third-order valence-electron chi connectivity index (χ3n) is 2.10. The molecule has 58 valence electrons. The van der Waals surface area contributed by atoms with Crippen LogP contribution >= 0.6 is 22.6 Å². The van der Waals surface area contributed by atoms with E-state index in [9.17, 15) is 5.11 Å². The van der Waals surface area contributed by atoms with Gasteiger partial charge in [0.05, 0.1) is 6.10 Å². The second-order valence-electron chi connectivity index (χ2n) is 2.83. The molecule has 0 saturated heterocycles. The van der Waals surface area contributed by atoms with Crippen molar-refractivity contribution >= 4 is 22.6 Å². The number of aliphatic hydroxyl groups is 1. The molecule has 0 aromatic rings. The Morgan fingerprint density at radius 1 is 1.30 bits per heavy atom. The van der Waals surface area contributed by atoms with E-state index in [-0.39, 0.29) is 6.10 Å². The van der Waals surface area contributed by atoms with Gasteiger partial charge >= 0.3 is 0 Å². The van der Waals surface area contributed by atoms with Crippen LogP contribution in [-0.4, -0.2) is 11.2 Å². The van der Waals surface area contributed by atoms with Gasteiger partial charge in [0.25, 0.3) is 0 Å². The van der Waals surface area contributed by atoms with Gasteiger partial charge < -0.3 is 5.11 Å². The SMILES string of the molecule is O[C@@H]1CCCC[C@H]1C=CI. The van der Waals surface area contributed by atoms with E-state index in [2.05, 4.69) is 28.7 Å². The molecule has 0 heterocycles. The van der Waals surface area contributed by atoms with Crippen LogP contribution in [0.15, 0.2) is 10.2 Å². The van der Waals surface area contributed by atoms with Crippen LogP contribution in [0.2, 0.25) is 0 Å². The molecule has 1 rings (SSSR count). The number of aliphatic hydroxyl groups excluding tert-OH is 1. The summed E-state index contributed by atoms with van der Waals surface area (Å²) in [5.74, 6) is 0.436. The molecule has 0 aromatic heterocycles. The molecule has 0 aliphatic heterocycles. The maximum absolute atomic E-state index is 9.45. The number of hydrogen-bond donors (Lipinski definition) is 1. The van der Waals surface area contributed by atoms with Crippen molar-refractivity contribution in [3.8, 4) is 0 Å². The molecule has 2 heteroatoms. The predicted molar refractivity (Wildman–Crippen MR) is 51.1 cm³/mol. The molecular weight excluding hydrogens is 239 g/mol. The molecule has 0 radical (unpaired) electrons. The van der Waals surface area contributed by atoms with E-state index in [1.165, 1.54) is 19.3 Å². The predicted octanol–water partition coefficient (Wildman–Crippen LogP) is 2.49. The minimum absolute atomic E-state index is 0.0697. The first-order valence-electron chi connectivity index (χ1n) is 3.79. The fraction of sp³-hybridized carbons (Fsp3) is 0.750. The van der Waals surface area contributed by atoms with Crippen molar-refractivity contribution in [2.75, 3.05) is 0 Å². The highest BCUT2D eigenvalue weighted by Gasteiger charge is 2.19. The molecule has 10 heavy (non-hydrogen) atoms. The van der Waals surface area contributed by atoms with Crippen molar-refractivity contribution in [2.45, 2.75) is 31.8 Å². The summed E-state index contributed by atoms with van der Waals surface area (Å²) in [4.78, 5) is 0. The Hall–Kier alpha value is 0.430. The highest BCUT2D eigenvalue weighted by atomic mass is 127. The summed E-state index contributed by atoms with van der Waals surface area (Å²) in [7, 11) is 0. The van der Waals surface area contributed by atoms with E-state index >= 15 is 0 Å². The molecule has 0 aromatic carbocycles. The third-order valence-corrected chi connectivity index (χ3v) is 2.52. The topological polar surface area (TPSA) is 20.2 Å². The molecule has 1 saturated carbocycles. The first kappa shape index (κ1) is 8.53. The molecule has 2 atom stereocenters. The largest absolute Gasteiger partial charge is 0.393 e. The van der Waals surface area contributed by atoms with Crippen LogP contribution < -0.4 is 0 Å². The van der Waals surface area contributed by atoms with Crippen molar-refractivity contribution in [1.29, 1.82) is 0 Å². The molecule has 1 aliphatic carbocycles. The molecule has 1 nitrogen and oxygen atoms in total. The second-order valence-corrected chi connectivity index (χ2v) is 3.55. The molecule has 1 fully saturated rings. The van der Waals surface area contributed by atoms with Crippen molar-refractivity contribution in [2.24, 2.45) is 5.92 Å². The molecule has 0 unspecified atom stereocenters. The smallest absolute Gasteiger partial charge is 0.0603 e. The van der Waals surface area contributed by atoms with Crippen LogP contribution in [0.25, 0.3) is 0 Å². The normalized spacial score (nSPS) is 35.0. The lowest BCUT2D eigenvalue weighted by Crippen LogP contribution is -2.22. The molecule has 0 spiro atoms. The van der Waals surface area contributed by atoms with Gasteiger partial charge in [0, 0.05) is 5.92 Å². The van der Waals surface area contributed by atoms with Gasteiger partial charge in [-0.3, -0.25) is 0 Å². The zero-order valence-electron chi connectivity index (χ0n) is 5.96. The van der Waals surface area contributed by atoms with Crippen LogP contribution in [0.4, 0.5) is 0 Å². The highest BCUT2D eigenvalue weighted by molar-refractivity contribution is 14.1. The van der Waals surface area contributed by atoms with Crippen molar-refractivity contribution in [3.05, 3.63) is 10.2 Å². The van der Waals surface area contributed by atoms with E-state index in [0.29, 0.717) is 5.92 Å². The van der Waals surface area contributed by atoms with Crippen LogP contribution in [0.5, 0.6) is 0 Å². The molecule has 0 amide bonds. The van der Waals surface area contributed by atoms with Crippen LogP contribution in [-0.2, 0) is 0 Å². The zero-order chi connectivity index (χ0) is 7.40. The Kier molecular flexibility index (Phi) is 3.70. The highest BCUT2D eigenvalue weighted by Crippen LogP contribution is 2.25. The fourth-order valence-electron chi connectivity index (χ4n) is 1.46. The van der Waals surface area contributed by atoms with E-state index in [1.54, 1.807) is 0 Å². The fourth-order valence-corrected chi connectivity index (χ4v) is 1.99. The lowest BCUT2D eigenvalue weighted by atomic mass is 9.87. The van der Waals surface area contributed by atoms with E-state index in [4.69, 9.17) is 0 Å². The Morgan fingerprint density at radius 2 is 2.00 bits per heavy atom. The van der Waals surface area contributed by atoms with Crippen molar-refractivity contribution in [1.82, 2.24) is 0 Å². The van der Waals surface area contributed by atoms with Gasteiger partial charge in [-0.1, -0.05) is 41.5 Å². The molecule has 1 aliphatic rings. The maximum atomic E-state index is 9.45. The van der Waals surface area contributed by atoms with Gasteiger partial charge in [-0.2, -0.15) is 0 Å². The minimum Gasteiger partial charge on any atom is -0.393 e. The molecular formula is C8H13IO. The second kappa shape index (κ2) is 4.34. The summed E-state index contributed by atoms with van der Waals surface area (Å²) in [6, 6.07) is 0. The van der Waals surface area contributed by atoms with Crippen LogP contribution in [0.1, 0.15) is 25.7 Å². The summed E-state index contributed by atoms with van der Waals surface area (Å²) >= 11 is 2.21. The molecule has 1 N–H and O–H groups in total. The Balaban J connectivity index is 2.39. The van der Waals surface area contributed by atoms with E-state index in [0.717, 1.165) is 6.42 Å². The van der Waals surface area contributed by atoms with Crippen molar-refractivity contribution in [3.63, 3.8) is 0 Å². The summed E-state index contributed by atoms with van der Waals surface area (Å²) in [5.41, 5.74) is 0. The van der Waals surface area contributed by atoms with Crippen molar-refractivity contribution < 1.29 is 5.11 Å². The summed E-state index contributed by atoms with van der Waals surface area (Å²) < 4.78 is 2.01. The number of rotatable bonds is 1. The van der Waals surface area contributed by atoms with Gasteiger partial charge in [-0.05, 0) is 16.9 Å². The van der Waals surface area contributed by atoms with Crippen LogP contribution in [0.3, 0.4) is 0 Å². The van der Waals surface area contributed by atoms with E-state index < -0.39 is 0 Å². The quantitative estimate of drug-likeness (QED) is 0.711. The third kappa shape index (κ3) is 2.23. The van der Waals surface area contributed by atoms with E-state index in [1.807, 2.05) is 4.08 Å². The Morgan fingerprint density at radius 3 is 2.60 bits per heavy atom. The Bertz CT molecular complexity index is 122. The maximum Gasteiger partial charge on any atom is 0.0603 e. The van der Waals surface area contributed by atoms with Crippen LogP contribution in [0, 0.1) is 5.92 Å². The van der Waals surface area contributed by atoms with Gasteiger partial charge in [0.1, 0.15) is 0 Å². The average molecular weight is 252 g/mol. The van der Waals surface area contributed by atoms with Gasteiger partial charge in [0.15, 0.2) is 0 Å². The summed E-state index contributed by atoms with van der Waals surface area (Å²) in [6.07, 6.45) is 6.69. The summed E-state index contributed by atoms with van der Waals surface area (Å²) in [6.45, 7) is 0. The first-order valence-corrected chi connectivity index (χ1v) is 5.04. The molecule has 0 bridgehead atoms. The standard InChI is InChI=1S/C8H13IO/c9-6-5-7-3-1-2-4-8(7)10/h5-8,10H,1-4H2/t7-,8+/m0/s1. The number of hydrogen-bond acceptors (Lipinski definition) is 1. The lowest BCUT2D eigenvalue weighted by Gasteiger charge is -2.24. The summed E-state index contributed by atoms with van der Waals surface area (Å²) in [5, 5.41) is 9.45. The van der Waals surface area contributed by atoms with Gasteiger partial charge in [-0.15, -0.1) is 0 Å². The number of halogens is 1. The minimum atomic E-state index is -0.0697.